The maximum Gasteiger partial charge on any atom is 0.142 e. The molecule has 0 aliphatic heterocycles. The van der Waals surface area contributed by atoms with Gasteiger partial charge in [0.1, 0.15) is 11.6 Å². The fourth-order valence-electron chi connectivity index (χ4n) is 1.41. The van der Waals surface area contributed by atoms with Crippen molar-refractivity contribution in [1.82, 2.24) is 0 Å². The van der Waals surface area contributed by atoms with E-state index in [9.17, 15) is 4.39 Å². The van der Waals surface area contributed by atoms with Crippen LogP contribution in [0.25, 0.3) is 0 Å². The van der Waals surface area contributed by atoms with E-state index in [0.717, 1.165) is 4.90 Å². The number of hydrogen-bond acceptors (Lipinski definition) is 3. The van der Waals surface area contributed by atoms with Crippen molar-refractivity contribution in [3.8, 4) is 5.75 Å². The molecular weight excluding hydrogens is 237 g/mol. The molecule has 88 valence electrons. The van der Waals surface area contributed by atoms with Gasteiger partial charge in [-0.3, -0.25) is 0 Å². The molecule has 0 aliphatic carbocycles. The quantitative estimate of drug-likeness (QED) is 0.845. The highest BCUT2D eigenvalue weighted by Gasteiger charge is 2.05. The summed E-state index contributed by atoms with van der Waals surface area (Å²) in [5, 5.41) is 0. The molecule has 0 heterocycles. The van der Waals surface area contributed by atoms with Crippen molar-refractivity contribution in [2.75, 3.05) is 12.8 Å². The fourth-order valence-corrected chi connectivity index (χ4v) is 2.28. The van der Waals surface area contributed by atoms with Crippen molar-refractivity contribution in [3.05, 3.63) is 48.3 Å². The zero-order chi connectivity index (χ0) is 12.3. The number of methoxy groups -OCH3 is 1. The van der Waals surface area contributed by atoms with Crippen LogP contribution >= 0.6 is 11.8 Å². The third-order valence-corrected chi connectivity index (χ3v) is 3.31. The van der Waals surface area contributed by atoms with Crippen molar-refractivity contribution in [1.29, 1.82) is 0 Å². The van der Waals surface area contributed by atoms with Crippen LogP contribution in [0, 0.1) is 5.82 Å². The second-order valence-corrected chi connectivity index (χ2v) is 4.55. The van der Waals surface area contributed by atoms with Crippen molar-refractivity contribution >= 4 is 17.4 Å². The molecule has 0 aliphatic rings. The van der Waals surface area contributed by atoms with E-state index in [1.807, 2.05) is 6.07 Å². The zero-order valence-electron chi connectivity index (χ0n) is 9.31. The number of nitrogens with two attached hydrogens (primary N) is 1. The topological polar surface area (TPSA) is 35.2 Å². The standard InChI is InChI=1S/C13H12FNOS/c1-16-12-8-9(6-7-11(12)15)17-13-5-3-2-4-10(13)14/h2-8H,15H2,1H3. The first-order valence-electron chi connectivity index (χ1n) is 5.06. The van der Waals surface area contributed by atoms with Crippen molar-refractivity contribution in [2.45, 2.75) is 9.79 Å². The second-order valence-electron chi connectivity index (χ2n) is 3.44. The Morgan fingerprint density at radius 3 is 2.65 bits per heavy atom. The van der Waals surface area contributed by atoms with Gasteiger partial charge in [0.05, 0.1) is 12.8 Å². The molecule has 0 aromatic heterocycles. The van der Waals surface area contributed by atoms with Crippen LogP contribution in [0.5, 0.6) is 5.75 Å². The van der Waals surface area contributed by atoms with Gasteiger partial charge in [-0.1, -0.05) is 23.9 Å². The zero-order valence-corrected chi connectivity index (χ0v) is 10.1. The van der Waals surface area contributed by atoms with Crippen LogP contribution in [0.2, 0.25) is 0 Å². The molecule has 2 aromatic carbocycles. The first kappa shape index (κ1) is 11.8. The first-order valence-corrected chi connectivity index (χ1v) is 5.88. The lowest BCUT2D eigenvalue weighted by Crippen LogP contribution is -1.92. The Kier molecular flexibility index (Phi) is 3.54. The largest absolute Gasteiger partial charge is 0.495 e. The summed E-state index contributed by atoms with van der Waals surface area (Å²) in [6.45, 7) is 0. The van der Waals surface area contributed by atoms with Gasteiger partial charge in [-0.15, -0.1) is 0 Å². The highest BCUT2D eigenvalue weighted by molar-refractivity contribution is 7.99. The van der Waals surface area contributed by atoms with Crippen LogP contribution < -0.4 is 10.5 Å². The third kappa shape index (κ3) is 2.71. The minimum Gasteiger partial charge on any atom is -0.495 e. The van der Waals surface area contributed by atoms with E-state index in [4.69, 9.17) is 10.5 Å². The predicted molar refractivity (Wildman–Crippen MR) is 67.9 cm³/mol. The second kappa shape index (κ2) is 5.10. The maximum atomic E-state index is 13.5. The van der Waals surface area contributed by atoms with Gasteiger partial charge in [0.15, 0.2) is 0 Å². The molecule has 4 heteroatoms. The Labute approximate surface area is 104 Å². The normalized spacial score (nSPS) is 10.2. The summed E-state index contributed by atoms with van der Waals surface area (Å²) >= 11 is 1.34. The smallest absolute Gasteiger partial charge is 0.142 e. The molecule has 0 radical (unpaired) electrons. The minimum absolute atomic E-state index is 0.228. The van der Waals surface area contributed by atoms with Gasteiger partial charge in [-0.25, -0.2) is 4.39 Å². The summed E-state index contributed by atoms with van der Waals surface area (Å²) in [5.41, 5.74) is 6.29. The summed E-state index contributed by atoms with van der Waals surface area (Å²) in [7, 11) is 1.56. The monoisotopic (exact) mass is 249 g/mol. The Hall–Kier alpha value is -1.68. The van der Waals surface area contributed by atoms with Crippen LogP contribution in [0.3, 0.4) is 0 Å². The van der Waals surface area contributed by atoms with Crippen LogP contribution in [0.4, 0.5) is 10.1 Å². The molecule has 0 atom stereocenters. The van der Waals surface area contributed by atoms with Crippen LogP contribution in [-0.4, -0.2) is 7.11 Å². The highest BCUT2D eigenvalue weighted by atomic mass is 32.2. The molecule has 2 aromatic rings. The molecule has 17 heavy (non-hydrogen) atoms. The Bertz CT molecular complexity index is 531. The van der Waals surface area contributed by atoms with Crippen LogP contribution in [0.15, 0.2) is 52.3 Å². The van der Waals surface area contributed by atoms with E-state index >= 15 is 0 Å². The highest BCUT2D eigenvalue weighted by Crippen LogP contribution is 2.33. The Morgan fingerprint density at radius 1 is 1.18 bits per heavy atom. The fraction of sp³-hybridized carbons (Fsp3) is 0.0769. The molecule has 2 rings (SSSR count). The molecule has 0 amide bonds. The van der Waals surface area contributed by atoms with Crippen molar-refractivity contribution in [3.63, 3.8) is 0 Å². The van der Waals surface area contributed by atoms with Gasteiger partial charge in [-0.05, 0) is 30.3 Å². The molecule has 2 nitrogen and oxygen atoms in total. The lowest BCUT2D eigenvalue weighted by atomic mass is 10.3. The molecule has 0 spiro atoms. The molecule has 0 unspecified atom stereocenters. The molecular formula is C13H12FNOS. The first-order chi connectivity index (χ1) is 8.20. The molecule has 0 bridgehead atoms. The van der Waals surface area contributed by atoms with Gasteiger partial charge in [-0.2, -0.15) is 0 Å². The predicted octanol–water partition coefficient (Wildman–Crippen LogP) is 3.57. The van der Waals surface area contributed by atoms with Crippen LogP contribution in [0.1, 0.15) is 0 Å². The minimum atomic E-state index is -0.228. The lowest BCUT2D eigenvalue weighted by molar-refractivity contribution is 0.416. The number of hydrogen-bond donors (Lipinski definition) is 1. The number of anilines is 1. The Balaban J connectivity index is 2.28. The maximum absolute atomic E-state index is 13.5. The van der Waals surface area contributed by atoms with E-state index in [-0.39, 0.29) is 5.82 Å². The summed E-state index contributed by atoms with van der Waals surface area (Å²) < 4.78 is 18.6. The van der Waals surface area contributed by atoms with E-state index in [1.165, 1.54) is 17.8 Å². The SMILES string of the molecule is COc1cc(Sc2ccccc2F)ccc1N. The number of ether oxygens (including phenoxy) is 1. The summed E-state index contributed by atoms with van der Waals surface area (Å²) in [4.78, 5) is 1.47. The van der Waals surface area contributed by atoms with Crippen molar-refractivity contribution in [2.24, 2.45) is 0 Å². The number of halogens is 1. The van der Waals surface area contributed by atoms with Gasteiger partial charge in [0, 0.05) is 9.79 Å². The molecule has 0 fully saturated rings. The average molecular weight is 249 g/mol. The van der Waals surface area contributed by atoms with E-state index in [1.54, 1.807) is 37.4 Å². The number of rotatable bonds is 3. The van der Waals surface area contributed by atoms with Gasteiger partial charge >= 0.3 is 0 Å². The average Bonchev–Trinajstić information content (AvgIpc) is 2.34. The summed E-state index contributed by atoms with van der Waals surface area (Å²) in [6.07, 6.45) is 0. The van der Waals surface area contributed by atoms with E-state index < -0.39 is 0 Å². The summed E-state index contributed by atoms with van der Waals surface area (Å²) in [6, 6.07) is 12.0. The van der Waals surface area contributed by atoms with E-state index in [0.29, 0.717) is 16.3 Å². The Morgan fingerprint density at radius 2 is 1.94 bits per heavy atom. The number of benzene rings is 2. The van der Waals surface area contributed by atoms with E-state index in [2.05, 4.69) is 0 Å². The van der Waals surface area contributed by atoms with Crippen LogP contribution in [-0.2, 0) is 0 Å². The molecule has 2 N–H and O–H groups in total. The number of nitrogen functional groups attached to an aromatic ring is 1. The molecule has 0 saturated carbocycles. The molecule has 0 saturated heterocycles. The van der Waals surface area contributed by atoms with Gasteiger partial charge < -0.3 is 10.5 Å². The summed E-state index contributed by atoms with van der Waals surface area (Å²) in [5.74, 6) is 0.375. The van der Waals surface area contributed by atoms with Gasteiger partial charge in [0.25, 0.3) is 0 Å². The third-order valence-electron chi connectivity index (χ3n) is 2.27. The van der Waals surface area contributed by atoms with Crippen molar-refractivity contribution < 1.29 is 9.13 Å². The van der Waals surface area contributed by atoms with Gasteiger partial charge in [0.2, 0.25) is 0 Å². The lowest BCUT2D eigenvalue weighted by Gasteiger charge is -2.07.